The van der Waals surface area contributed by atoms with Gasteiger partial charge in [-0.3, -0.25) is 10.1 Å². The van der Waals surface area contributed by atoms with Crippen molar-refractivity contribution in [3.05, 3.63) is 77.5 Å². The van der Waals surface area contributed by atoms with E-state index in [1.807, 2.05) is 60.7 Å². The number of hydrogen-bond acceptors (Lipinski definition) is 4. The molecule has 0 spiro atoms. The molecule has 0 aliphatic carbocycles. The summed E-state index contributed by atoms with van der Waals surface area (Å²) in [6.45, 7) is 2.05. The van der Waals surface area contributed by atoms with Crippen molar-refractivity contribution in [2.75, 3.05) is 23.3 Å². The molecule has 5 nitrogen and oxygen atoms in total. The lowest BCUT2D eigenvalue weighted by Crippen LogP contribution is -2.33. The normalized spacial score (nSPS) is 13.8. The van der Waals surface area contributed by atoms with Crippen molar-refractivity contribution in [1.82, 2.24) is 5.32 Å². The second-order valence-electron chi connectivity index (χ2n) is 7.56. The Kier molecular flexibility index (Phi) is 7.24. The van der Waals surface area contributed by atoms with Gasteiger partial charge in [-0.15, -0.1) is 0 Å². The molecule has 3 aromatic rings. The molecule has 2 aromatic carbocycles. The molecule has 2 heterocycles. The molecule has 1 aliphatic rings. The molecule has 1 amide bonds. The molecule has 164 valence electrons. The Hall–Kier alpha value is -3.09. The monoisotopic (exact) mass is 465 g/mol. The fraction of sp³-hybridized carbons (Fsp3) is 0.200. The lowest BCUT2D eigenvalue weighted by molar-refractivity contribution is -0.115. The van der Waals surface area contributed by atoms with E-state index in [4.69, 9.17) is 28.2 Å². The number of nitrogens with one attached hydrogen (secondary N) is 2. The quantitative estimate of drug-likeness (QED) is 0.351. The summed E-state index contributed by atoms with van der Waals surface area (Å²) >= 11 is 11.7. The SMILES string of the molecule is O=C(/C=C/c1ccc(-c2ccccc2)o1)NC(=S)Nc1ccc(N2CCCCC2)c(Cl)c1. The van der Waals surface area contributed by atoms with Crippen molar-refractivity contribution >= 4 is 52.3 Å². The Balaban J connectivity index is 1.31. The third-order valence-electron chi connectivity index (χ3n) is 5.22. The molecular weight excluding hydrogens is 442 g/mol. The third kappa shape index (κ3) is 5.78. The molecule has 0 unspecified atom stereocenters. The maximum absolute atomic E-state index is 12.2. The molecule has 7 heteroatoms. The van der Waals surface area contributed by atoms with E-state index in [0.29, 0.717) is 10.8 Å². The predicted octanol–water partition coefficient (Wildman–Crippen LogP) is 6.12. The number of carbonyl (C=O) groups excluding carboxylic acids is 1. The fourth-order valence-electron chi connectivity index (χ4n) is 3.65. The fourth-order valence-corrected chi connectivity index (χ4v) is 4.17. The molecule has 0 bridgehead atoms. The third-order valence-corrected chi connectivity index (χ3v) is 5.73. The second kappa shape index (κ2) is 10.5. The molecule has 0 saturated carbocycles. The van der Waals surface area contributed by atoms with E-state index in [1.54, 1.807) is 6.08 Å². The van der Waals surface area contributed by atoms with Gasteiger partial charge in [0.1, 0.15) is 11.5 Å². The highest BCUT2D eigenvalue weighted by Crippen LogP contribution is 2.30. The van der Waals surface area contributed by atoms with Gasteiger partial charge in [-0.2, -0.15) is 0 Å². The average molecular weight is 466 g/mol. The Labute approximate surface area is 198 Å². The first kappa shape index (κ1) is 22.1. The van der Waals surface area contributed by atoms with Crippen molar-refractivity contribution < 1.29 is 9.21 Å². The minimum Gasteiger partial charge on any atom is -0.457 e. The van der Waals surface area contributed by atoms with E-state index in [1.165, 1.54) is 25.3 Å². The van der Waals surface area contributed by atoms with Gasteiger partial charge in [-0.25, -0.2) is 0 Å². The second-order valence-corrected chi connectivity index (χ2v) is 8.37. The summed E-state index contributed by atoms with van der Waals surface area (Å²) in [4.78, 5) is 14.5. The van der Waals surface area contributed by atoms with Crippen LogP contribution in [0.1, 0.15) is 25.0 Å². The standard InChI is InChI=1S/C25H24ClN3O2S/c26-21-17-19(9-12-22(21)29-15-5-2-6-16-29)27-25(32)28-24(30)14-11-20-10-13-23(31-20)18-7-3-1-4-8-18/h1,3-4,7-14,17H,2,5-6,15-16H2,(H2,27,28,30,32)/b14-11+. The molecule has 1 fully saturated rings. The number of nitrogens with zero attached hydrogens (tertiary/aromatic N) is 1. The maximum atomic E-state index is 12.2. The van der Waals surface area contributed by atoms with Crippen LogP contribution in [-0.4, -0.2) is 24.1 Å². The first-order valence-corrected chi connectivity index (χ1v) is 11.4. The summed E-state index contributed by atoms with van der Waals surface area (Å²) < 4.78 is 5.76. The van der Waals surface area contributed by atoms with Gasteiger partial charge >= 0.3 is 0 Å². The summed E-state index contributed by atoms with van der Waals surface area (Å²) in [6, 6.07) is 19.2. The smallest absolute Gasteiger partial charge is 0.250 e. The van der Waals surface area contributed by atoms with Crippen LogP contribution in [-0.2, 0) is 4.79 Å². The van der Waals surface area contributed by atoms with Crippen molar-refractivity contribution in [3.63, 3.8) is 0 Å². The number of hydrogen-bond donors (Lipinski definition) is 2. The van der Waals surface area contributed by atoms with Gasteiger partial charge in [-0.1, -0.05) is 41.9 Å². The number of carbonyl (C=O) groups is 1. The molecule has 4 rings (SSSR count). The zero-order valence-corrected chi connectivity index (χ0v) is 19.1. The Morgan fingerprint density at radius 1 is 1.03 bits per heavy atom. The lowest BCUT2D eigenvalue weighted by atomic mass is 10.1. The van der Waals surface area contributed by atoms with Crippen molar-refractivity contribution in [2.24, 2.45) is 0 Å². The van der Waals surface area contributed by atoms with Crippen LogP contribution < -0.4 is 15.5 Å². The number of piperidine rings is 1. The molecule has 1 aromatic heterocycles. The lowest BCUT2D eigenvalue weighted by Gasteiger charge is -2.29. The summed E-state index contributed by atoms with van der Waals surface area (Å²) in [5.74, 6) is 0.974. The molecule has 1 aliphatic heterocycles. The van der Waals surface area contributed by atoms with Gasteiger partial charge in [-0.05, 0) is 67.9 Å². The molecule has 32 heavy (non-hydrogen) atoms. The van der Waals surface area contributed by atoms with E-state index in [9.17, 15) is 4.79 Å². The van der Waals surface area contributed by atoms with Gasteiger partial charge < -0.3 is 14.6 Å². The van der Waals surface area contributed by atoms with Crippen molar-refractivity contribution in [2.45, 2.75) is 19.3 Å². The van der Waals surface area contributed by atoms with E-state index in [2.05, 4.69) is 15.5 Å². The van der Waals surface area contributed by atoms with E-state index in [-0.39, 0.29) is 11.0 Å². The van der Waals surface area contributed by atoms with Crippen LogP contribution in [0.5, 0.6) is 0 Å². The van der Waals surface area contributed by atoms with E-state index < -0.39 is 0 Å². The Morgan fingerprint density at radius 3 is 2.56 bits per heavy atom. The van der Waals surface area contributed by atoms with Crippen LogP contribution in [0.2, 0.25) is 5.02 Å². The number of halogens is 1. The maximum Gasteiger partial charge on any atom is 0.250 e. The van der Waals surface area contributed by atoms with Crippen LogP contribution in [0.3, 0.4) is 0 Å². The highest BCUT2D eigenvalue weighted by atomic mass is 35.5. The van der Waals surface area contributed by atoms with Gasteiger partial charge in [0.25, 0.3) is 0 Å². The zero-order chi connectivity index (χ0) is 22.3. The number of amides is 1. The van der Waals surface area contributed by atoms with E-state index >= 15 is 0 Å². The number of thiocarbonyl (C=S) groups is 1. The first-order valence-electron chi connectivity index (χ1n) is 10.6. The van der Waals surface area contributed by atoms with Crippen LogP contribution in [0.4, 0.5) is 11.4 Å². The summed E-state index contributed by atoms with van der Waals surface area (Å²) in [7, 11) is 0. The molecular formula is C25H24ClN3O2S. The van der Waals surface area contributed by atoms with Crippen molar-refractivity contribution in [3.8, 4) is 11.3 Å². The minimum absolute atomic E-state index is 0.200. The molecule has 0 atom stereocenters. The zero-order valence-electron chi connectivity index (χ0n) is 17.5. The average Bonchev–Trinajstić information content (AvgIpc) is 3.28. The van der Waals surface area contributed by atoms with Crippen LogP contribution in [0.25, 0.3) is 17.4 Å². The summed E-state index contributed by atoms with van der Waals surface area (Å²) in [5.41, 5.74) is 2.73. The molecule has 1 saturated heterocycles. The topological polar surface area (TPSA) is 57.5 Å². The number of benzene rings is 2. The van der Waals surface area contributed by atoms with Gasteiger partial charge in [0.2, 0.25) is 5.91 Å². The highest BCUT2D eigenvalue weighted by Gasteiger charge is 2.14. The van der Waals surface area contributed by atoms with Crippen LogP contribution in [0, 0.1) is 0 Å². The van der Waals surface area contributed by atoms with Crippen molar-refractivity contribution in [1.29, 1.82) is 0 Å². The predicted molar refractivity (Wildman–Crippen MR) is 135 cm³/mol. The number of anilines is 2. The molecule has 0 radical (unpaired) electrons. The van der Waals surface area contributed by atoms with Gasteiger partial charge in [0.15, 0.2) is 5.11 Å². The molecule has 2 N–H and O–H groups in total. The minimum atomic E-state index is -0.351. The first-order chi connectivity index (χ1) is 15.6. The summed E-state index contributed by atoms with van der Waals surface area (Å²) in [6.07, 6.45) is 6.63. The highest BCUT2D eigenvalue weighted by molar-refractivity contribution is 7.80. The largest absolute Gasteiger partial charge is 0.457 e. The Bertz CT molecular complexity index is 1120. The van der Waals surface area contributed by atoms with Crippen LogP contribution in [0.15, 0.2) is 71.2 Å². The number of rotatable bonds is 5. The van der Waals surface area contributed by atoms with E-state index in [0.717, 1.165) is 35.8 Å². The van der Waals surface area contributed by atoms with Gasteiger partial charge in [0, 0.05) is 30.4 Å². The summed E-state index contributed by atoms with van der Waals surface area (Å²) in [5, 5.41) is 6.51. The van der Waals surface area contributed by atoms with Crippen LogP contribution >= 0.6 is 23.8 Å². The van der Waals surface area contributed by atoms with Gasteiger partial charge in [0.05, 0.1) is 10.7 Å². The number of furan rings is 1. The Morgan fingerprint density at radius 2 is 1.81 bits per heavy atom.